The molecule has 0 radical (unpaired) electrons. The van der Waals surface area contributed by atoms with Gasteiger partial charge in [-0.05, 0) is 31.6 Å². The van der Waals surface area contributed by atoms with Crippen LogP contribution in [0.15, 0.2) is 0 Å². The molecule has 0 aromatic rings. The third kappa shape index (κ3) is 6.16. The van der Waals surface area contributed by atoms with E-state index in [2.05, 4.69) is 5.43 Å². The van der Waals surface area contributed by atoms with Gasteiger partial charge in [0.1, 0.15) is 9.84 Å². The van der Waals surface area contributed by atoms with Crippen LogP contribution in [0.2, 0.25) is 0 Å². The highest BCUT2D eigenvalue weighted by atomic mass is 32.2. The Labute approximate surface area is 112 Å². The molecule has 1 fully saturated rings. The Kier molecular flexibility index (Phi) is 7.19. The van der Waals surface area contributed by atoms with Gasteiger partial charge in [0.15, 0.2) is 0 Å². The van der Waals surface area contributed by atoms with Crippen molar-refractivity contribution in [1.82, 2.24) is 5.43 Å². The minimum atomic E-state index is -2.82. The second kappa shape index (κ2) is 8.12. The summed E-state index contributed by atoms with van der Waals surface area (Å²) < 4.78 is 22.8. The first kappa shape index (κ1) is 15.9. The van der Waals surface area contributed by atoms with Gasteiger partial charge < -0.3 is 0 Å². The molecule has 0 amide bonds. The highest BCUT2D eigenvalue weighted by Gasteiger charge is 2.17. The zero-order valence-corrected chi connectivity index (χ0v) is 12.3. The highest BCUT2D eigenvalue weighted by Crippen LogP contribution is 2.29. The molecule has 1 aliphatic rings. The quantitative estimate of drug-likeness (QED) is 0.499. The zero-order chi connectivity index (χ0) is 13.4. The fraction of sp³-hybridized carbons (Fsp3) is 1.00. The van der Waals surface area contributed by atoms with E-state index in [-0.39, 0.29) is 11.8 Å². The molecule has 108 valence electrons. The minimum Gasteiger partial charge on any atom is -0.271 e. The molecule has 4 nitrogen and oxygen atoms in total. The Morgan fingerprint density at radius 1 is 1.28 bits per heavy atom. The molecule has 1 atom stereocenters. The van der Waals surface area contributed by atoms with Crippen molar-refractivity contribution >= 4 is 9.84 Å². The van der Waals surface area contributed by atoms with E-state index in [1.165, 1.54) is 32.1 Å². The van der Waals surface area contributed by atoms with E-state index in [1.54, 1.807) is 6.92 Å². The van der Waals surface area contributed by atoms with Crippen LogP contribution in [0.4, 0.5) is 0 Å². The lowest BCUT2D eigenvalue weighted by Gasteiger charge is -2.17. The first-order valence-electron chi connectivity index (χ1n) is 7.24. The van der Waals surface area contributed by atoms with Crippen molar-refractivity contribution in [2.75, 3.05) is 11.5 Å². The van der Waals surface area contributed by atoms with Gasteiger partial charge in [0.2, 0.25) is 0 Å². The van der Waals surface area contributed by atoms with Crippen LogP contribution in [0.25, 0.3) is 0 Å². The maximum absolute atomic E-state index is 11.4. The van der Waals surface area contributed by atoms with Crippen LogP contribution < -0.4 is 11.3 Å². The Hall–Kier alpha value is -0.130. The van der Waals surface area contributed by atoms with Crippen molar-refractivity contribution in [2.45, 2.75) is 64.3 Å². The zero-order valence-electron chi connectivity index (χ0n) is 11.5. The van der Waals surface area contributed by atoms with Crippen LogP contribution in [0.3, 0.4) is 0 Å². The third-order valence-corrected chi connectivity index (χ3v) is 5.87. The molecule has 18 heavy (non-hydrogen) atoms. The van der Waals surface area contributed by atoms with E-state index >= 15 is 0 Å². The maximum atomic E-state index is 11.4. The average Bonchev–Trinajstić information content (AvgIpc) is 2.86. The van der Waals surface area contributed by atoms with E-state index in [0.29, 0.717) is 5.75 Å². The number of hydrogen-bond donors (Lipinski definition) is 2. The molecular weight excluding hydrogens is 248 g/mol. The van der Waals surface area contributed by atoms with E-state index in [9.17, 15) is 8.42 Å². The van der Waals surface area contributed by atoms with Gasteiger partial charge in [-0.2, -0.15) is 0 Å². The molecule has 0 saturated heterocycles. The predicted molar refractivity (Wildman–Crippen MR) is 75.9 cm³/mol. The van der Waals surface area contributed by atoms with Gasteiger partial charge in [0.05, 0.1) is 5.75 Å². The van der Waals surface area contributed by atoms with Gasteiger partial charge in [-0.15, -0.1) is 0 Å². The Morgan fingerprint density at radius 2 is 1.94 bits per heavy atom. The molecule has 0 aromatic heterocycles. The van der Waals surface area contributed by atoms with E-state index in [1.807, 2.05) is 0 Å². The molecule has 0 bridgehead atoms. The summed E-state index contributed by atoms with van der Waals surface area (Å²) in [6.07, 6.45) is 9.37. The second-order valence-electron chi connectivity index (χ2n) is 5.47. The summed E-state index contributed by atoms with van der Waals surface area (Å²) in [7, 11) is -2.82. The first-order valence-corrected chi connectivity index (χ1v) is 9.06. The molecule has 1 aliphatic carbocycles. The molecule has 0 aliphatic heterocycles. The van der Waals surface area contributed by atoms with Crippen molar-refractivity contribution in [2.24, 2.45) is 11.8 Å². The summed E-state index contributed by atoms with van der Waals surface area (Å²) in [5.41, 5.74) is 2.84. The van der Waals surface area contributed by atoms with Crippen LogP contribution >= 0.6 is 0 Å². The lowest BCUT2D eigenvalue weighted by Crippen LogP contribution is -2.35. The smallest absolute Gasteiger partial charge is 0.150 e. The maximum Gasteiger partial charge on any atom is 0.150 e. The van der Waals surface area contributed by atoms with Crippen molar-refractivity contribution in [3.8, 4) is 0 Å². The van der Waals surface area contributed by atoms with Crippen LogP contribution in [-0.4, -0.2) is 26.0 Å². The fourth-order valence-corrected chi connectivity index (χ4v) is 3.64. The van der Waals surface area contributed by atoms with Gasteiger partial charge in [0.25, 0.3) is 0 Å². The van der Waals surface area contributed by atoms with Gasteiger partial charge >= 0.3 is 0 Å². The molecule has 0 spiro atoms. The highest BCUT2D eigenvalue weighted by molar-refractivity contribution is 7.91. The molecule has 1 unspecified atom stereocenters. The Balaban J connectivity index is 2.16. The molecule has 1 saturated carbocycles. The summed E-state index contributed by atoms with van der Waals surface area (Å²) in [5.74, 6) is 6.96. The van der Waals surface area contributed by atoms with E-state index in [4.69, 9.17) is 5.84 Å². The number of nitrogens with one attached hydrogen (secondary N) is 1. The number of sulfone groups is 1. The predicted octanol–water partition coefficient (Wildman–Crippen LogP) is 2.00. The van der Waals surface area contributed by atoms with E-state index in [0.717, 1.165) is 25.2 Å². The Bertz CT molecular complexity index is 311. The Morgan fingerprint density at radius 3 is 2.50 bits per heavy atom. The molecule has 1 rings (SSSR count). The lowest BCUT2D eigenvalue weighted by molar-refractivity contribution is 0.391. The lowest BCUT2D eigenvalue weighted by atomic mass is 9.97. The summed E-state index contributed by atoms with van der Waals surface area (Å²) in [6, 6.07) is 0.276. The largest absolute Gasteiger partial charge is 0.271 e. The number of hydrogen-bond acceptors (Lipinski definition) is 4. The van der Waals surface area contributed by atoms with Gasteiger partial charge in [-0.1, -0.05) is 32.6 Å². The monoisotopic (exact) mass is 276 g/mol. The summed E-state index contributed by atoms with van der Waals surface area (Å²) >= 11 is 0. The fourth-order valence-electron chi connectivity index (χ4n) is 2.74. The van der Waals surface area contributed by atoms with E-state index < -0.39 is 9.84 Å². The minimum absolute atomic E-state index is 0.246. The molecule has 0 heterocycles. The molecule has 5 heteroatoms. The molecular formula is C13H28N2O2S. The summed E-state index contributed by atoms with van der Waals surface area (Å²) in [5, 5.41) is 0. The number of hydrazine groups is 1. The van der Waals surface area contributed by atoms with Gasteiger partial charge in [0, 0.05) is 11.8 Å². The average molecular weight is 276 g/mol. The SMILES string of the molecule is CCS(=O)(=O)CCCC(CCC1CCCC1)NN. The number of nitrogens with two attached hydrogens (primary N) is 1. The van der Waals surface area contributed by atoms with Crippen molar-refractivity contribution in [3.05, 3.63) is 0 Å². The summed E-state index contributed by atoms with van der Waals surface area (Å²) in [6.45, 7) is 1.70. The van der Waals surface area contributed by atoms with Crippen molar-refractivity contribution < 1.29 is 8.42 Å². The van der Waals surface area contributed by atoms with Gasteiger partial charge in [-0.25, -0.2) is 8.42 Å². The van der Waals surface area contributed by atoms with Crippen molar-refractivity contribution in [1.29, 1.82) is 0 Å². The third-order valence-electron chi connectivity index (χ3n) is 4.08. The molecule has 3 N–H and O–H groups in total. The van der Waals surface area contributed by atoms with Crippen LogP contribution in [0.1, 0.15) is 58.3 Å². The first-order chi connectivity index (χ1) is 8.57. The van der Waals surface area contributed by atoms with Crippen molar-refractivity contribution in [3.63, 3.8) is 0 Å². The second-order valence-corrected chi connectivity index (χ2v) is 7.94. The van der Waals surface area contributed by atoms with Gasteiger partial charge in [-0.3, -0.25) is 11.3 Å². The standard InChI is InChI=1S/C13H28N2O2S/c1-2-18(16,17)11-5-8-13(15-14)10-9-12-6-3-4-7-12/h12-13,15H,2-11,14H2,1H3. The van der Waals surface area contributed by atoms with Crippen LogP contribution in [-0.2, 0) is 9.84 Å². The topological polar surface area (TPSA) is 72.2 Å². The normalized spacial score (nSPS) is 19.2. The molecule has 0 aromatic carbocycles. The van der Waals surface area contributed by atoms with Crippen LogP contribution in [0, 0.1) is 5.92 Å². The van der Waals surface area contributed by atoms with Crippen LogP contribution in [0.5, 0.6) is 0 Å². The summed E-state index contributed by atoms with van der Waals surface area (Å²) in [4.78, 5) is 0. The number of rotatable bonds is 9.